The van der Waals surface area contributed by atoms with Crippen LogP contribution >= 0.6 is 0 Å². The molecule has 144 valence electrons. The second kappa shape index (κ2) is 8.39. The number of carbonyl (C=O) groups is 3. The summed E-state index contributed by atoms with van der Waals surface area (Å²) in [6.07, 6.45) is 0. The highest BCUT2D eigenvalue weighted by molar-refractivity contribution is 5.95. The summed E-state index contributed by atoms with van der Waals surface area (Å²) in [5.74, 6) is -0.611. The van der Waals surface area contributed by atoms with Gasteiger partial charge in [0.2, 0.25) is 0 Å². The normalized spacial score (nSPS) is 16.1. The molecule has 0 aliphatic carbocycles. The van der Waals surface area contributed by atoms with E-state index >= 15 is 0 Å². The van der Waals surface area contributed by atoms with Gasteiger partial charge in [-0.1, -0.05) is 30.3 Å². The van der Waals surface area contributed by atoms with Crippen LogP contribution in [0.1, 0.15) is 35.8 Å². The fourth-order valence-corrected chi connectivity index (χ4v) is 2.89. The fraction of sp³-hybridized carbons (Fsp3) is 0.190. The predicted octanol–water partition coefficient (Wildman–Crippen LogP) is 3.10. The number of carbonyl (C=O) groups excluding carboxylic acids is 3. The number of allylic oxidation sites excluding steroid dienone is 1. The van der Waals surface area contributed by atoms with Gasteiger partial charge < -0.3 is 20.1 Å². The lowest BCUT2D eigenvalue weighted by atomic mass is 9.95. The van der Waals surface area contributed by atoms with Crippen molar-refractivity contribution in [1.82, 2.24) is 10.6 Å². The molecular weight excluding hydrogens is 360 g/mol. The number of urea groups is 1. The van der Waals surface area contributed by atoms with Crippen LogP contribution in [0.2, 0.25) is 0 Å². The van der Waals surface area contributed by atoms with Gasteiger partial charge in [0.15, 0.2) is 0 Å². The van der Waals surface area contributed by atoms with Gasteiger partial charge in [-0.3, -0.25) is 0 Å². The molecule has 7 nitrogen and oxygen atoms in total. The molecule has 7 heteroatoms. The number of amides is 2. The van der Waals surface area contributed by atoms with E-state index in [0.717, 1.165) is 0 Å². The van der Waals surface area contributed by atoms with Crippen LogP contribution in [0.3, 0.4) is 0 Å². The van der Waals surface area contributed by atoms with Crippen molar-refractivity contribution in [3.8, 4) is 5.75 Å². The number of rotatable bonds is 5. The Bertz CT molecular complexity index is 920. The quantitative estimate of drug-likeness (QED) is 0.614. The van der Waals surface area contributed by atoms with E-state index in [0.29, 0.717) is 28.1 Å². The Balaban J connectivity index is 1.81. The van der Waals surface area contributed by atoms with Crippen molar-refractivity contribution in [3.63, 3.8) is 0 Å². The van der Waals surface area contributed by atoms with Crippen LogP contribution in [0.4, 0.5) is 4.79 Å². The molecule has 0 bridgehead atoms. The topological polar surface area (TPSA) is 93.7 Å². The van der Waals surface area contributed by atoms with Crippen molar-refractivity contribution in [2.45, 2.75) is 19.9 Å². The van der Waals surface area contributed by atoms with Gasteiger partial charge in [0.1, 0.15) is 5.75 Å². The molecule has 2 aromatic rings. The zero-order chi connectivity index (χ0) is 20.1. The maximum absolute atomic E-state index is 12.3. The van der Waals surface area contributed by atoms with E-state index in [1.54, 1.807) is 62.4 Å². The molecule has 3 rings (SSSR count). The van der Waals surface area contributed by atoms with Gasteiger partial charge in [-0.2, -0.15) is 0 Å². The Kier molecular flexibility index (Phi) is 5.74. The first kappa shape index (κ1) is 19.2. The second-order valence-corrected chi connectivity index (χ2v) is 6.12. The molecule has 0 unspecified atom stereocenters. The van der Waals surface area contributed by atoms with E-state index < -0.39 is 24.0 Å². The zero-order valence-corrected chi connectivity index (χ0v) is 15.5. The van der Waals surface area contributed by atoms with Crippen LogP contribution in [-0.4, -0.2) is 24.6 Å². The van der Waals surface area contributed by atoms with Crippen LogP contribution in [0.25, 0.3) is 0 Å². The summed E-state index contributed by atoms with van der Waals surface area (Å²) in [6.45, 7) is 3.59. The van der Waals surface area contributed by atoms with Gasteiger partial charge in [-0.05, 0) is 43.7 Å². The lowest BCUT2D eigenvalue weighted by molar-refractivity contribution is -0.139. The SMILES string of the molecule is CCOC(=O)C1=C(C)NC(=O)N[C@H]1c1ccc(OC(=O)c2ccccc2)cc1. The largest absolute Gasteiger partial charge is 0.463 e. The maximum atomic E-state index is 12.3. The molecule has 0 saturated carbocycles. The number of nitrogens with one attached hydrogen (secondary N) is 2. The van der Waals surface area contributed by atoms with E-state index in [4.69, 9.17) is 9.47 Å². The smallest absolute Gasteiger partial charge is 0.343 e. The van der Waals surface area contributed by atoms with E-state index in [-0.39, 0.29) is 6.61 Å². The van der Waals surface area contributed by atoms with Crippen molar-refractivity contribution in [2.24, 2.45) is 0 Å². The minimum Gasteiger partial charge on any atom is -0.463 e. The van der Waals surface area contributed by atoms with Gasteiger partial charge in [0, 0.05) is 5.70 Å². The Hall–Kier alpha value is -3.61. The third-order valence-corrected chi connectivity index (χ3v) is 4.20. The molecule has 0 fully saturated rings. The summed E-state index contributed by atoms with van der Waals surface area (Å²) in [4.78, 5) is 36.3. The third-order valence-electron chi connectivity index (χ3n) is 4.20. The molecule has 1 heterocycles. The highest BCUT2D eigenvalue weighted by Gasteiger charge is 2.32. The van der Waals surface area contributed by atoms with Crippen LogP contribution in [0, 0.1) is 0 Å². The van der Waals surface area contributed by atoms with Gasteiger partial charge in [0.25, 0.3) is 0 Å². The summed E-state index contributed by atoms with van der Waals surface area (Å²) in [7, 11) is 0. The monoisotopic (exact) mass is 380 g/mol. The molecule has 0 aromatic heterocycles. The summed E-state index contributed by atoms with van der Waals surface area (Å²) >= 11 is 0. The number of hydrogen-bond acceptors (Lipinski definition) is 5. The maximum Gasteiger partial charge on any atom is 0.343 e. The van der Waals surface area contributed by atoms with Gasteiger partial charge >= 0.3 is 18.0 Å². The average molecular weight is 380 g/mol. The standard InChI is InChI=1S/C21H20N2O5/c1-3-27-20(25)17-13(2)22-21(26)23-18(17)14-9-11-16(12-10-14)28-19(24)15-7-5-4-6-8-15/h4-12,18H,3H2,1-2H3,(H2,22,23,26)/t18-/m0/s1. The van der Waals surface area contributed by atoms with Crippen LogP contribution in [-0.2, 0) is 9.53 Å². The van der Waals surface area contributed by atoms with E-state index in [9.17, 15) is 14.4 Å². The highest BCUT2D eigenvalue weighted by atomic mass is 16.5. The lowest BCUT2D eigenvalue weighted by Crippen LogP contribution is -2.45. The molecule has 0 saturated heterocycles. The molecule has 2 amide bonds. The first-order valence-electron chi connectivity index (χ1n) is 8.82. The summed E-state index contributed by atoms with van der Waals surface area (Å²) in [5, 5.41) is 5.31. The summed E-state index contributed by atoms with van der Waals surface area (Å²) < 4.78 is 10.5. The predicted molar refractivity (Wildman–Crippen MR) is 102 cm³/mol. The molecule has 1 aliphatic heterocycles. The van der Waals surface area contributed by atoms with Crippen molar-refractivity contribution in [3.05, 3.63) is 77.0 Å². The summed E-state index contributed by atoms with van der Waals surface area (Å²) in [6, 6.07) is 14.2. The first-order valence-corrected chi connectivity index (χ1v) is 8.82. The first-order chi connectivity index (χ1) is 13.5. The minimum atomic E-state index is -0.660. The fourth-order valence-electron chi connectivity index (χ4n) is 2.89. The van der Waals surface area contributed by atoms with Gasteiger partial charge in [-0.15, -0.1) is 0 Å². The Morgan fingerprint density at radius 3 is 2.32 bits per heavy atom. The van der Waals surface area contributed by atoms with Crippen molar-refractivity contribution in [1.29, 1.82) is 0 Å². The number of ether oxygens (including phenoxy) is 2. The van der Waals surface area contributed by atoms with Gasteiger partial charge in [0.05, 0.1) is 23.8 Å². The molecule has 0 radical (unpaired) electrons. The van der Waals surface area contributed by atoms with Crippen LogP contribution in [0.5, 0.6) is 5.75 Å². The molecule has 28 heavy (non-hydrogen) atoms. The summed E-state index contributed by atoms with van der Waals surface area (Å²) in [5.41, 5.74) is 1.87. The average Bonchev–Trinajstić information content (AvgIpc) is 2.68. The molecule has 0 spiro atoms. The van der Waals surface area contributed by atoms with Gasteiger partial charge in [-0.25, -0.2) is 14.4 Å². The van der Waals surface area contributed by atoms with E-state index in [1.165, 1.54) is 0 Å². The van der Waals surface area contributed by atoms with Crippen molar-refractivity contribution >= 4 is 18.0 Å². The van der Waals surface area contributed by atoms with Crippen LogP contribution < -0.4 is 15.4 Å². The van der Waals surface area contributed by atoms with E-state index in [2.05, 4.69) is 10.6 Å². The molecule has 1 atom stereocenters. The number of esters is 2. The lowest BCUT2D eigenvalue weighted by Gasteiger charge is -2.28. The van der Waals surface area contributed by atoms with Crippen molar-refractivity contribution in [2.75, 3.05) is 6.61 Å². The minimum absolute atomic E-state index is 0.227. The van der Waals surface area contributed by atoms with E-state index in [1.807, 2.05) is 6.07 Å². The highest BCUT2D eigenvalue weighted by Crippen LogP contribution is 2.29. The number of hydrogen-bond donors (Lipinski definition) is 2. The number of benzene rings is 2. The molecule has 1 aliphatic rings. The second-order valence-electron chi connectivity index (χ2n) is 6.12. The Labute approximate surface area is 162 Å². The molecule has 2 aromatic carbocycles. The van der Waals surface area contributed by atoms with Crippen LogP contribution in [0.15, 0.2) is 65.9 Å². The van der Waals surface area contributed by atoms with Crippen molar-refractivity contribution < 1.29 is 23.9 Å². The zero-order valence-electron chi connectivity index (χ0n) is 15.5. The Morgan fingerprint density at radius 1 is 1.00 bits per heavy atom. The Morgan fingerprint density at radius 2 is 1.68 bits per heavy atom. The molecular formula is C21H20N2O5. The molecule has 2 N–H and O–H groups in total. The third kappa shape index (κ3) is 4.20.